The van der Waals surface area contributed by atoms with Crippen molar-refractivity contribution < 1.29 is 88.9 Å². The van der Waals surface area contributed by atoms with Crippen LogP contribution in [0.3, 0.4) is 0 Å². The molecule has 21 heteroatoms. The van der Waals surface area contributed by atoms with E-state index in [0.717, 1.165) is 0 Å². The van der Waals surface area contributed by atoms with Gasteiger partial charge in [-0.05, 0) is 106 Å². The van der Waals surface area contributed by atoms with Crippen LogP contribution in [0.4, 0.5) is 17.6 Å². The maximum Gasteiger partial charge on any atom is 0.345 e. The number of halogens is 4. The number of alkyl halides is 4. The number of esters is 4. The number of carbonyl (C=O) groups is 8. The second-order valence-corrected chi connectivity index (χ2v) is 27.1. The molecule has 0 aliphatic heterocycles. The van der Waals surface area contributed by atoms with Gasteiger partial charge in [0, 0.05) is 42.1 Å². The van der Waals surface area contributed by atoms with Crippen LogP contribution in [0.15, 0.2) is 42.2 Å². The summed E-state index contributed by atoms with van der Waals surface area (Å²) in [5.41, 5.74) is -6.70. The van der Waals surface area contributed by atoms with E-state index in [4.69, 9.17) is 14.3 Å². The van der Waals surface area contributed by atoms with E-state index in [-0.39, 0.29) is 68.0 Å². The maximum atomic E-state index is 14.4. The molecule has 0 amide bonds. The first-order chi connectivity index (χ1) is 34.0. The number of aryl methyl sites for hydroxylation is 1. The lowest BCUT2D eigenvalue weighted by molar-refractivity contribution is -0.155. The number of rotatable bonds is 13. The minimum Gasteiger partial charge on any atom is -0.547 e. The number of benzene rings is 1. The van der Waals surface area contributed by atoms with Crippen LogP contribution in [-0.4, -0.2) is 124 Å². The Balaban J connectivity index is 0.000000198. The summed E-state index contributed by atoms with van der Waals surface area (Å²) in [5.74, 6) is -8.58. The standard InChI is InChI=1S/C12H17FO4Si.C12H19FO3Si.C9H11FO4.C9H11FO3.C7H8.C3H6O/c1-3-17-11(15)12(13)8-5-7(6-18(16)4-2)10(14)9(8)12;1-5-15-11(14)12(13)8-6-7-9(10(8)12)16-17(2,3)4;1-2-14-8(13)9(10)4-3-5(11)7(12)6(4)9;1-2-13-8(12)9(10)5-3-4-6(11)7(5)9;1-7-5-3-2-4-6-7;1-3(2)4/h7-9H,3-6H2,1-2H3;7-8,10H,5-6H2,1-4H3;4-6,11H,2-3H2,1H3;5,7H,2-4H2,1H3;2-6H,1H3;1-2H3/t7-,8+,9+,12+;8-,10-,12-;4-,5-,6-,9-;5-,7-,9-;;/m0111../s1. The average Bonchev–Trinajstić information content (AvgIpc) is 4.17. The van der Waals surface area contributed by atoms with E-state index >= 15 is 0 Å². The minimum atomic E-state index is -2.15. The van der Waals surface area contributed by atoms with Gasteiger partial charge in [-0.3, -0.25) is 14.4 Å². The number of hydrogen-bond acceptors (Lipinski definition) is 15. The molecule has 0 heterocycles. The fraction of sp³-hybridized carbons (Fsp3) is 0.692. The van der Waals surface area contributed by atoms with Crippen LogP contribution in [0.2, 0.25) is 31.7 Å². The van der Waals surface area contributed by atoms with Gasteiger partial charge in [-0.25, -0.2) is 36.7 Å². The molecule has 0 unspecified atom stereocenters. The second-order valence-electron chi connectivity index (χ2n) is 20.5. The Labute approximate surface area is 427 Å². The zero-order valence-electron chi connectivity index (χ0n) is 43.7. The van der Waals surface area contributed by atoms with Crippen LogP contribution in [0, 0.1) is 60.2 Å². The maximum absolute atomic E-state index is 14.4. The molecule has 0 aromatic heterocycles. The average molecular weight is 1070 g/mol. The Bertz CT molecular complexity index is 2290. The van der Waals surface area contributed by atoms with Crippen LogP contribution < -0.4 is 0 Å². The molecule has 0 saturated heterocycles. The molecule has 9 rings (SSSR count). The van der Waals surface area contributed by atoms with E-state index in [1.54, 1.807) is 27.7 Å². The van der Waals surface area contributed by atoms with Crippen molar-refractivity contribution in [2.45, 2.75) is 148 Å². The molecule has 73 heavy (non-hydrogen) atoms. The topological polar surface area (TPSA) is 220 Å². The number of aliphatic hydroxyl groups is 1. The molecule has 1 aromatic rings. The molecule has 8 aliphatic carbocycles. The SMILES string of the molecule is CC(C)=O.CCOC(=O)[C@@]1(F)[C@@H]2CC=C(O[Si](C)(C)C)[C@@H]21.CCOC(=O)[C@@]1(F)[C@@H]2CCC(=O)[C@@H]21.CCOC(=O)[C@@]1(F)[C@@H]2C[C@@H](C[Si](=O)CC)C(=O)[C@@H]21.CCOC(=O)[C@@]1(F)[C@@H]2C[C@@H](O)C(=O)[C@@H]21.Cc1ccccc1. The predicted molar refractivity (Wildman–Crippen MR) is 259 cm³/mol. The van der Waals surface area contributed by atoms with Crippen LogP contribution >= 0.6 is 0 Å². The highest BCUT2D eigenvalue weighted by atomic mass is 28.4. The highest BCUT2D eigenvalue weighted by Gasteiger charge is 2.81. The fourth-order valence-electron chi connectivity index (χ4n) is 10.4. The first kappa shape index (κ1) is 60.8. The van der Waals surface area contributed by atoms with Gasteiger partial charge in [0.25, 0.3) is 8.68 Å². The lowest BCUT2D eigenvalue weighted by atomic mass is 9.99. The molecule has 0 bridgehead atoms. The van der Waals surface area contributed by atoms with E-state index in [9.17, 15) is 60.4 Å². The highest BCUT2D eigenvalue weighted by Crippen LogP contribution is 2.66. The molecular formula is C52H72F4O15Si2. The van der Waals surface area contributed by atoms with Gasteiger partial charge in [0.2, 0.25) is 31.0 Å². The van der Waals surface area contributed by atoms with E-state index in [1.807, 2.05) is 50.8 Å². The monoisotopic (exact) mass is 1070 g/mol. The summed E-state index contributed by atoms with van der Waals surface area (Å²) in [5, 5.41) is 9.07. The van der Waals surface area contributed by atoms with Crippen molar-refractivity contribution in [1.82, 2.24) is 0 Å². The number of allylic oxidation sites excluding steroid dienone is 2. The second kappa shape index (κ2) is 24.3. The molecule has 1 aromatic carbocycles. The van der Waals surface area contributed by atoms with Crippen molar-refractivity contribution in [1.29, 1.82) is 0 Å². The number of hydrogen-bond donors (Lipinski definition) is 1. The summed E-state index contributed by atoms with van der Waals surface area (Å²) in [4.78, 5) is 89.0. The van der Waals surface area contributed by atoms with Crippen molar-refractivity contribution in [3.05, 3.63) is 47.7 Å². The van der Waals surface area contributed by atoms with Gasteiger partial charge in [0.15, 0.2) is 5.78 Å². The lowest BCUT2D eigenvalue weighted by Crippen LogP contribution is -2.32. The highest BCUT2D eigenvalue weighted by molar-refractivity contribution is 6.70. The van der Waals surface area contributed by atoms with Crippen LogP contribution in [-0.2, 0) is 66.2 Å². The third-order valence-corrected chi connectivity index (χ3v) is 16.6. The zero-order chi connectivity index (χ0) is 55.2. The lowest BCUT2D eigenvalue weighted by Gasteiger charge is -2.22. The Morgan fingerprint density at radius 2 is 1.08 bits per heavy atom. The van der Waals surface area contributed by atoms with Gasteiger partial charge in [-0.2, -0.15) is 0 Å². The summed E-state index contributed by atoms with van der Waals surface area (Å²) < 4.78 is 92.2. The molecule has 7 saturated carbocycles. The zero-order valence-corrected chi connectivity index (χ0v) is 45.7. The Hall–Kier alpha value is -4.77. The normalized spacial score (nSPS) is 34.5. The fourth-order valence-corrected chi connectivity index (χ4v) is 12.5. The molecule has 14 atom stereocenters. The molecule has 7 fully saturated rings. The largest absolute Gasteiger partial charge is 0.547 e. The first-order valence-electron chi connectivity index (χ1n) is 25.2. The van der Waals surface area contributed by atoms with Gasteiger partial charge in [-0.15, -0.1) is 0 Å². The Kier molecular flexibility index (Phi) is 20.2. The van der Waals surface area contributed by atoms with Crippen molar-refractivity contribution in [2.24, 2.45) is 53.3 Å². The van der Waals surface area contributed by atoms with E-state index in [1.165, 1.54) is 19.4 Å². The van der Waals surface area contributed by atoms with E-state index in [0.29, 0.717) is 43.5 Å². The van der Waals surface area contributed by atoms with E-state index < -0.39 is 111 Å². The molecule has 15 nitrogen and oxygen atoms in total. The van der Waals surface area contributed by atoms with Crippen LogP contribution in [0.5, 0.6) is 0 Å². The van der Waals surface area contributed by atoms with Crippen LogP contribution in [0.1, 0.15) is 86.1 Å². The quantitative estimate of drug-likeness (QED) is 0.0876. The van der Waals surface area contributed by atoms with Gasteiger partial charge >= 0.3 is 23.9 Å². The van der Waals surface area contributed by atoms with Crippen molar-refractivity contribution in [2.75, 3.05) is 26.4 Å². The van der Waals surface area contributed by atoms with Gasteiger partial charge < -0.3 is 37.7 Å². The van der Waals surface area contributed by atoms with Gasteiger partial charge in [0.05, 0.1) is 55.9 Å². The number of aliphatic hydroxyl groups excluding tert-OH is 1. The molecule has 8 aliphatic rings. The number of ketones is 4. The van der Waals surface area contributed by atoms with Gasteiger partial charge in [0.1, 0.15) is 23.5 Å². The minimum absolute atomic E-state index is 0.0405. The molecule has 1 N–H and O–H groups in total. The Morgan fingerprint density at radius 3 is 1.41 bits per heavy atom. The molecule has 0 spiro atoms. The number of ether oxygens (including phenoxy) is 4. The van der Waals surface area contributed by atoms with Crippen molar-refractivity contribution in [3.63, 3.8) is 0 Å². The third kappa shape index (κ3) is 13.0. The summed E-state index contributed by atoms with van der Waals surface area (Å²) in [7, 11) is -3.46. The van der Waals surface area contributed by atoms with Crippen LogP contribution in [0.25, 0.3) is 0 Å². The number of carbonyl (C=O) groups excluding carboxylic acids is 8. The summed E-state index contributed by atoms with van der Waals surface area (Å²) in [6.07, 6.45) is 2.71. The summed E-state index contributed by atoms with van der Waals surface area (Å²) in [6, 6.07) is 11.2. The summed E-state index contributed by atoms with van der Waals surface area (Å²) >= 11 is 0. The number of Topliss-reactive ketones (excluding diaryl/α,β-unsaturated/α-hetero) is 4. The predicted octanol–water partition coefficient (Wildman–Crippen LogP) is 7.47. The van der Waals surface area contributed by atoms with E-state index in [2.05, 4.69) is 33.3 Å². The van der Waals surface area contributed by atoms with Crippen molar-refractivity contribution >= 4 is 64.0 Å². The molecular weight excluding hydrogens is 997 g/mol. The number of fused-ring (bicyclic) bond motifs is 4. The third-order valence-electron chi connectivity index (χ3n) is 14.0. The molecule has 406 valence electrons. The smallest absolute Gasteiger partial charge is 0.345 e. The summed E-state index contributed by atoms with van der Waals surface area (Å²) in [6.45, 7) is 20.2. The molecule has 0 radical (unpaired) electrons. The van der Waals surface area contributed by atoms with Gasteiger partial charge in [-0.1, -0.05) is 42.8 Å². The Morgan fingerprint density at radius 1 is 0.658 bits per heavy atom. The first-order valence-corrected chi connectivity index (χ1v) is 30.4. The van der Waals surface area contributed by atoms with Crippen molar-refractivity contribution in [3.8, 4) is 0 Å².